The Morgan fingerprint density at radius 3 is 2.15 bits per heavy atom. The van der Waals surface area contributed by atoms with Gasteiger partial charge in [-0.1, -0.05) is 65.7 Å². The lowest BCUT2D eigenvalue weighted by Crippen LogP contribution is -2.82. The van der Waals surface area contributed by atoms with Crippen molar-refractivity contribution in [1.29, 1.82) is 0 Å². The molecule has 2 N–H and O–H groups in total. The van der Waals surface area contributed by atoms with Crippen molar-refractivity contribution in [3.63, 3.8) is 0 Å². The highest BCUT2D eigenvalue weighted by molar-refractivity contribution is 6.73. The van der Waals surface area contributed by atoms with E-state index in [1.165, 1.54) is 6.92 Å². The normalized spacial score (nSPS) is 36.7. The standard InChI is InChI=1S/C41H58O11Si/c1-9-53(10-2,11-3)52-29-21-30-40(23-48-30,51-37(46)27-19-15-16-20-27)33-35(50-36(45)26-17-13-12-14-18-26)41(47)22-28(43)24(4)31(38(41,6)7)32(49-25(5)42)34(44)39(29,33)8/h12-14,17-18,27-30,32-33,35,43,47H,9-11,15-16,19-23H2,1-8H3/t28-,29-,30+,32+,33?,35-,39+,40-,41+/m0/s1. The minimum Gasteiger partial charge on any atom is -0.455 e. The van der Waals surface area contributed by atoms with Gasteiger partial charge in [-0.3, -0.25) is 14.4 Å². The third kappa shape index (κ3) is 6.15. The molecule has 1 unspecified atom stereocenters. The van der Waals surface area contributed by atoms with Gasteiger partial charge in [0.05, 0.1) is 41.6 Å². The fourth-order valence-corrected chi connectivity index (χ4v) is 13.5. The van der Waals surface area contributed by atoms with Crippen LogP contribution in [0, 0.1) is 22.7 Å². The van der Waals surface area contributed by atoms with E-state index in [4.69, 9.17) is 23.4 Å². The monoisotopic (exact) mass is 754 g/mol. The van der Waals surface area contributed by atoms with E-state index >= 15 is 4.79 Å². The first-order valence-corrected chi connectivity index (χ1v) is 22.1. The Balaban J connectivity index is 1.67. The number of hydrogen-bond acceptors (Lipinski definition) is 11. The van der Waals surface area contributed by atoms with Crippen LogP contribution in [0.3, 0.4) is 0 Å². The highest BCUT2D eigenvalue weighted by Gasteiger charge is 2.79. The summed E-state index contributed by atoms with van der Waals surface area (Å²) in [5.74, 6) is -3.97. The van der Waals surface area contributed by atoms with E-state index in [1.807, 2.05) is 0 Å². The molecule has 0 radical (unpaired) electrons. The van der Waals surface area contributed by atoms with Gasteiger partial charge in [0.1, 0.15) is 17.8 Å². The van der Waals surface area contributed by atoms with Crippen LogP contribution in [0.2, 0.25) is 18.1 Å². The second-order valence-corrected chi connectivity index (χ2v) is 21.6. The summed E-state index contributed by atoms with van der Waals surface area (Å²) < 4.78 is 32.8. The second kappa shape index (κ2) is 14.3. The zero-order valence-corrected chi connectivity index (χ0v) is 33.6. The number of aliphatic hydroxyl groups is 2. The lowest BCUT2D eigenvalue weighted by atomic mass is 9.44. The fourth-order valence-electron chi connectivity index (χ4n) is 10.5. The van der Waals surface area contributed by atoms with Crippen molar-refractivity contribution < 1.29 is 52.8 Å². The van der Waals surface area contributed by atoms with Gasteiger partial charge in [0.15, 0.2) is 25.8 Å². The van der Waals surface area contributed by atoms with Gasteiger partial charge in [-0.2, -0.15) is 0 Å². The number of aliphatic hydroxyl groups excluding tert-OH is 1. The number of ether oxygens (including phenoxy) is 4. The Kier molecular flexibility index (Phi) is 10.7. The van der Waals surface area contributed by atoms with Gasteiger partial charge in [0.25, 0.3) is 0 Å². The van der Waals surface area contributed by atoms with E-state index < -0.39 is 90.5 Å². The molecule has 3 saturated carbocycles. The first kappa shape index (κ1) is 39.8. The van der Waals surface area contributed by atoms with Gasteiger partial charge in [-0.25, -0.2) is 4.79 Å². The zero-order chi connectivity index (χ0) is 38.7. The Hall–Kier alpha value is -2.90. The van der Waals surface area contributed by atoms with Crippen LogP contribution < -0.4 is 0 Å². The van der Waals surface area contributed by atoms with Crippen LogP contribution in [-0.2, 0) is 37.8 Å². The van der Waals surface area contributed by atoms with E-state index in [2.05, 4.69) is 20.8 Å². The second-order valence-electron chi connectivity index (χ2n) is 16.9. The molecule has 1 aromatic carbocycles. The SMILES string of the molecule is CC[Si](CC)(CC)O[C@H]1C[C@H]2OC[C@@]2(OC(=O)C2CCCC2)C2[C@H](OC(=O)c3ccccc3)[C@]3(O)C[C@H](O)C(C)=C([C@@H](OC(C)=O)C(=O)[C@@]21C)C3(C)C. The van der Waals surface area contributed by atoms with E-state index in [9.17, 15) is 24.6 Å². The lowest BCUT2D eigenvalue weighted by molar-refractivity contribution is -0.346. The highest BCUT2D eigenvalue weighted by Crippen LogP contribution is 2.65. The van der Waals surface area contributed by atoms with Crippen molar-refractivity contribution in [1.82, 2.24) is 0 Å². The van der Waals surface area contributed by atoms with Crippen LogP contribution in [0.15, 0.2) is 41.5 Å². The summed E-state index contributed by atoms with van der Waals surface area (Å²) in [6, 6.07) is 10.7. The zero-order valence-electron chi connectivity index (χ0n) is 32.6. The van der Waals surface area contributed by atoms with Crippen molar-refractivity contribution in [2.75, 3.05) is 6.61 Å². The summed E-state index contributed by atoms with van der Waals surface area (Å²) in [6.45, 7) is 14.3. The Bertz CT molecular complexity index is 1620. The van der Waals surface area contributed by atoms with Crippen molar-refractivity contribution >= 4 is 32.0 Å². The fraction of sp³-hybridized carbons (Fsp3) is 0.707. The predicted molar refractivity (Wildman–Crippen MR) is 197 cm³/mol. The molecule has 4 fully saturated rings. The van der Waals surface area contributed by atoms with Gasteiger partial charge < -0.3 is 33.6 Å². The maximum absolute atomic E-state index is 15.9. The molecule has 53 heavy (non-hydrogen) atoms. The largest absolute Gasteiger partial charge is 0.455 e. The Labute approximate surface area is 314 Å². The lowest BCUT2D eigenvalue weighted by Gasteiger charge is -2.68. The maximum atomic E-state index is 15.9. The van der Waals surface area contributed by atoms with Gasteiger partial charge in [0, 0.05) is 25.2 Å². The minimum atomic E-state index is -2.50. The van der Waals surface area contributed by atoms with Crippen LogP contribution in [-0.4, -0.2) is 90.6 Å². The quantitative estimate of drug-likeness (QED) is 0.128. The molecule has 0 amide bonds. The van der Waals surface area contributed by atoms with E-state index in [0.29, 0.717) is 18.4 Å². The van der Waals surface area contributed by atoms with E-state index in [0.717, 1.165) is 31.0 Å². The number of carbonyl (C=O) groups is 4. The molecule has 12 heteroatoms. The number of Topliss-reactive ketones (excluding diaryl/α,β-unsaturated/α-hetero) is 1. The van der Waals surface area contributed by atoms with Crippen molar-refractivity contribution in [3.05, 3.63) is 47.0 Å². The molecule has 11 nitrogen and oxygen atoms in total. The number of rotatable bonds is 10. The number of benzene rings is 1. The van der Waals surface area contributed by atoms with Gasteiger partial charge in [0.2, 0.25) is 0 Å². The molecule has 0 aromatic heterocycles. The van der Waals surface area contributed by atoms with Crippen LogP contribution in [0.4, 0.5) is 0 Å². The molecule has 4 aliphatic carbocycles. The molecule has 5 aliphatic rings. The summed E-state index contributed by atoms with van der Waals surface area (Å²) in [5, 5.41) is 25.2. The third-order valence-electron chi connectivity index (χ3n) is 14.1. The average Bonchev–Trinajstić information content (AvgIpc) is 3.67. The van der Waals surface area contributed by atoms with Gasteiger partial charge in [-0.05, 0) is 68.1 Å². The molecular formula is C41H58O11Si. The molecule has 0 spiro atoms. The molecule has 9 atom stereocenters. The van der Waals surface area contributed by atoms with Crippen LogP contribution in [0.25, 0.3) is 0 Å². The average molecular weight is 755 g/mol. The minimum absolute atomic E-state index is 0.104. The number of carbonyl (C=O) groups excluding carboxylic acids is 4. The van der Waals surface area contributed by atoms with Crippen LogP contribution >= 0.6 is 0 Å². The first-order chi connectivity index (χ1) is 25.0. The van der Waals surface area contributed by atoms with E-state index in [-0.39, 0.29) is 36.5 Å². The highest BCUT2D eigenvalue weighted by atomic mass is 28.4. The molecular weight excluding hydrogens is 697 g/mol. The van der Waals surface area contributed by atoms with Gasteiger partial charge >= 0.3 is 17.9 Å². The Morgan fingerprint density at radius 2 is 1.60 bits per heavy atom. The predicted octanol–water partition coefficient (Wildman–Crippen LogP) is 5.85. The topological polar surface area (TPSA) is 155 Å². The van der Waals surface area contributed by atoms with Crippen molar-refractivity contribution in [2.45, 2.75) is 154 Å². The maximum Gasteiger partial charge on any atom is 0.338 e. The number of esters is 3. The summed E-state index contributed by atoms with van der Waals surface area (Å²) in [7, 11) is -2.50. The molecule has 292 valence electrons. The molecule has 6 rings (SSSR count). The number of fused-ring (bicyclic) bond motifs is 5. The number of ketones is 1. The first-order valence-electron chi connectivity index (χ1n) is 19.6. The Morgan fingerprint density at radius 1 is 0.981 bits per heavy atom. The number of hydrogen-bond donors (Lipinski definition) is 2. The molecule has 1 saturated heterocycles. The summed E-state index contributed by atoms with van der Waals surface area (Å²) >= 11 is 0. The summed E-state index contributed by atoms with van der Waals surface area (Å²) in [5.41, 5.74) is -5.78. The van der Waals surface area contributed by atoms with Crippen molar-refractivity contribution in [3.8, 4) is 0 Å². The van der Waals surface area contributed by atoms with Crippen LogP contribution in [0.1, 0.15) is 104 Å². The van der Waals surface area contributed by atoms with Crippen molar-refractivity contribution in [2.24, 2.45) is 22.7 Å². The molecule has 1 heterocycles. The smallest absolute Gasteiger partial charge is 0.338 e. The summed E-state index contributed by atoms with van der Waals surface area (Å²) in [4.78, 5) is 57.3. The molecule has 2 bridgehead atoms. The van der Waals surface area contributed by atoms with Crippen LogP contribution in [0.5, 0.6) is 0 Å². The van der Waals surface area contributed by atoms with E-state index in [1.54, 1.807) is 58.0 Å². The summed E-state index contributed by atoms with van der Waals surface area (Å²) in [6.07, 6.45) is -2.87. The van der Waals surface area contributed by atoms with Gasteiger partial charge in [-0.15, -0.1) is 0 Å². The molecule has 1 aromatic rings. The third-order valence-corrected chi connectivity index (χ3v) is 18.8. The molecule has 1 aliphatic heterocycles.